The molecule has 0 aromatic rings. The van der Waals surface area contributed by atoms with Crippen LogP contribution in [0.25, 0.3) is 0 Å². The second-order valence-corrected chi connectivity index (χ2v) is 6.34. The van der Waals surface area contributed by atoms with E-state index >= 15 is 0 Å². The molecule has 2 aliphatic carbocycles. The van der Waals surface area contributed by atoms with E-state index in [4.69, 9.17) is 5.11 Å². The first-order valence-electron chi connectivity index (χ1n) is 7.36. The van der Waals surface area contributed by atoms with Crippen molar-refractivity contribution >= 4 is 12.0 Å². The van der Waals surface area contributed by atoms with Crippen LogP contribution in [0, 0.1) is 5.92 Å². The Morgan fingerprint density at radius 2 is 2.00 bits per heavy atom. The van der Waals surface area contributed by atoms with Crippen LogP contribution in [0.15, 0.2) is 0 Å². The number of carboxylic acids is 1. The Morgan fingerprint density at radius 3 is 2.40 bits per heavy atom. The molecule has 20 heavy (non-hydrogen) atoms. The Morgan fingerprint density at radius 1 is 1.35 bits per heavy atom. The Bertz CT molecular complexity index is 376. The number of nitrogens with one attached hydrogen (secondary N) is 2. The summed E-state index contributed by atoms with van der Waals surface area (Å²) in [4.78, 5) is 24.9. The fraction of sp³-hybridized carbons (Fsp3) is 0.857. The predicted octanol–water partition coefficient (Wildman–Crippen LogP) is 1.02. The normalized spacial score (nSPS) is 21.9. The molecule has 0 spiro atoms. The van der Waals surface area contributed by atoms with Crippen LogP contribution in [0.4, 0.5) is 4.79 Å². The van der Waals surface area contributed by atoms with Crippen LogP contribution in [-0.4, -0.2) is 54.2 Å². The average molecular weight is 283 g/mol. The summed E-state index contributed by atoms with van der Waals surface area (Å²) in [5.74, 6) is -0.519. The smallest absolute Gasteiger partial charge is 0.315 e. The fourth-order valence-electron chi connectivity index (χ4n) is 2.85. The maximum absolute atomic E-state index is 11.9. The molecule has 114 valence electrons. The molecule has 1 atom stereocenters. The predicted molar refractivity (Wildman–Crippen MR) is 75.6 cm³/mol. The largest absolute Gasteiger partial charge is 0.481 e. The minimum atomic E-state index is -0.856. The van der Waals surface area contributed by atoms with Crippen LogP contribution in [0.3, 0.4) is 0 Å². The number of urea groups is 1. The van der Waals surface area contributed by atoms with Crippen LogP contribution in [0.5, 0.6) is 0 Å². The summed E-state index contributed by atoms with van der Waals surface area (Å²) in [6.07, 6.45) is 5.44. The lowest BCUT2D eigenvalue weighted by Gasteiger charge is -2.47. The van der Waals surface area contributed by atoms with Gasteiger partial charge in [-0.2, -0.15) is 0 Å². The van der Waals surface area contributed by atoms with Gasteiger partial charge in [0, 0.05) is 18.1 Å². The number of carbonyl (C=O) groups is 2. The summed E-state index contributed by atoms with van der Waals surface area (Å²) < 4.78 is 0. The zero-order valence-electron chi connectivity index (χ0n) is 12.3. The summed E-state index contributed by atoms with van der Waals surface area (Å²) in [5.41, 5.74) is 0.0826. The van der Waals surface area contributed by atoms with E-state index in [2.05, 4.69) is 15.5 Å². The standard InChI is InChI=1S/C14H25N3O3/c1-17(2)14(6-3-7-14)9-15-13(20)16-11(8-12(18)19)10-4-5-10/h10-11H,3-9H2,1-2H3,(H,18,19)(H2,15,16,20). The molecule has 6 nitrogen and oxygen atoms in total. The molecule has 0 aromatic heterocycles. The molecule has 2 amide bonds. The molecule has 0 radical (unpaired) electrons. The monoisotopic (exact) mass is 283 g/mol. The SMILES string of the molecule is CN(C)C1(CNC(=O)NC(CC(=O)O)C2CC2)CCC1. The highest BCUT2D eigenvalue weighted by Crippen LogP contribution is 2.36. The molecule has 0 heterocycles. The lowest BCUT2D eigenvalue weighted by atomic mass is 9.75. The van der Waals surface area contributed by atoms with E-state index in [1.807, 2.05) is 14.1 Å². The summed E-state index contributed by atoms with van der Waals surface area (Å²) in [7, 11) is 4.08. The van der Waals surface area contributed by atoms with Gasteiger partial charge in [-0.05, 0) is 52.1 Å². The number of carboxylic acid groups (broad SMARTS) is 1. The van der Waals surface area contributed by atoms with Crippen LogP contribution < -0.4 is 10.6 Å². The molecule has 2 rings (SSSR count). The lowest BCUT2D eigenvalue weighted by molar-refractivity contribution is -0.137. The number of amides is 2. The molecule has 2 saturated carbocycles. The van der Waals surface area contributed by atoms with E-state index in [9.17, 15) is 9.59 Å². The van der Waals surface area contributed by atoms with Gasteiger partial charge in [-0.1, -0.05) is 0 Å². The van der Waals surface area contributed by atoms with Crippen molar-refractivity contribution in [1.82, 2.24) is 15.5 Å². The number of hydrogen-bond donors (Lipinski definition) is 3. The highest BCUT2D eigenvalue weighted by molar-refractivity contribution is 5.76. The third kappa shape index (κ3) is 3.62. The zero-order valence-corrected chi connectivity index (χ0v) is 12.3. The van der Waals surface area contributed by atoms with Crippen molar-refractivity contribution in [2.24, 2.45) is 5.92 Å². The quantitative estimate of drug-likeness (QED) is 0.651. The Kier molecular flexibility index (Phi) is 4.52. The first kappa shape index (κ1) is 15.1. The van der Waals surface area contributed by atoms with E-state index in [-0.39, 0.29) is 24.0 Å². The van der Waals surface area contributed by atoms with Gasteiger partial charge in [0.2, 0.25) is 0 Å². The molecule has 1 unspecified atom stereocenters. The zero-order chi connectivity index (χ0) is 14.8. The molecule has 3 N–H and O–H groups in total. The number of rotatable bonds is 7. The van der Waals surface area contributed by atoms with Crippen molar-refractivity contribution in [1.29, 1.82) is 0 Å². The van der Waals surface area contributed by atoms with Gasteiger partial charge in [-0.25, -0.2) is 4.79 Å². The van der Waals surface area contributed by atoms with Crippen LogP contribution in [-0.2, 0) is 4.79 Å². The molecule has 0 saturated heterocycles. The maximum Gasteiger partial charge on any atom is 0.315 e. The molecule has 2 fully saturated rings. The molecule has 0 aromatic carbocycles. The van der Waals surface area contributed by atoms with Gasteiger partial charge in [-0.3, -0.25) is 4.79 Å². The molecular weight excluding hydrogens is 258 g/mol. The van der Waals surface area contributed by atoms with Crippen LogP contribution >= 0.6 is 0 Å². The first-order chi connectivity index (χ1) is 9.43. The Hall–Kier alpha value is -1.30. The number of likely N-dealkylation sites (N-methyl/N-ethyl adjacent to an activating group) is 1. The van der Waals surface area contributed by atoms with E-state index < -0.39 is 5.97 Å². The minimum Gasteiger partial charge on any atom is -0.481 e. The lowest BCUT2D eigenvalue weighted by Crippen LogP contribution is -2.58. The van der Waals surface area contributed by atoms with E-state index in [0.717, 1.165) is 25.7 Å². The number of hydrogen-bond acceptors (Lipinski definition) is 3. The van der Waals surface area contributed by atoms with Gasteiger partial charge >= 0.3 is 12.0 Å². The average Bonchev–Trinajstić information content (AvgIpc) is 3.08. The maximum atomic E-state index is 11.9. The molecule has 0 bridgehead atoms. The summed E-state index contributed by atoms with van der Waals surface area (Å²) in [6, 6.07) is -0.472. The third-order valence-electron chi connectivity index (χ3n) is 4.71. The van der Waals surface area contributed by atoms with Crippen molar-refractivity contribution in [3.05, 3.63) is 0 Å². The Balaban J connectivity index is 1.77. The van der Waals surface area contributed by atoms with E-state index in [1.165, 1.54) is 6.42 Å². The van der Waals surface area contributed by atoms with Crippen LogP contribution in [0.1, 0.15) is 38.5 Å². The Labute approximate surface area is 119 Å². The highest BCUT2D eigenvalue weighted by Gasteiger charge is 2.39. The number of aliphatic carboxylic acids is 1. The molecular formula is C14H25N3O3. The third-order valence-corrected chi connectivity index (χ3v) is 4.71. The van der Waals surface area contributed by atoms with Gasteiger partial charge in [0.05, 0.1) is 6.42 Å². The molecule has 0 aliphatic heterocycles. The van der Waals surface area contributed by atoms with Crippen molar-refractivity contribution in [3.63, 3.8) is 0 Å². The summed E-state index contributed by atoms with van der Waals surface area (Å²) in [5, 5.41) is 14.6. The minimum absolute atomic E-state index is 0.0108. The van der Waals surface area contributed by atoms with Gasteiger partial charge < -0.3 is 20.6 Å². The number of nitrogens with zero attached hydrogens (tertiary/aromatic N) is 1. The van der Waals surface area contributed by atoms with E-state index in [0.29, 0.717) is 12.5 Å². The fourth-order valence-corrected chi connectivity index (χ4v) is 2.85. The van der Waals surface area contributed by atoms with Gasteiger partial charge in [0.25, 0.3) is 0 Å². The highest BCUT2D eigenvalue weighted by atomic mass is 16.4. The van der Waals surface area contributed by atoms with Crippen molar-refractivity contribution in [2.75, 3.05) is 20.6 Å². The summed E-state index contributed by atoms with van der Waals surface area (Å²) >= 11 is 0. The topological polar surface area (TPSA) is 81.7 Å². The van der Waals surface area contributed by atoms with Crippen molar-refractivity contribution < 1.29 is 14.7 Å². The second kappa shape index (κ2) is 5.99. The van der Waals surface area contributed by atoms with Crippen molar-refractivity contribution in [2.45, 2.75) is 50.1 Å². The van der Waals surface area contributed by atoms with Gasteiger partial charge in [-0.15, -0.1) is 0 Å². The number of carbonyl (C=O) groups excluding carboxylic acids is 1. The van der Waals surface area contributed by atoms with Crippen LogP contribution in [0.2, 0.25) is 0 Å². The van der Waals surface area contributed by atoms with E-state index in [1.54, 1.807) is 0 Å². The molecule has 2 aliphatic rings. The molecule has 6 heteroatoms. The van der Waals surface area contributed by atoms with Gasteiger partial charge in [0.1, 0.15) is 0 Å². The van der Waals surface area contributed by atoms with Gasteiger partial charge in [0.15, 0.2) is 0 Å². The second-order valence-electron chi connectivity index (χ2n) is 6.34. The first-order valence-corrected chi connectivity index (χ1v) is 7.36. The summed E-state index contributed by atoms with van der Waals surface area (Å²) in [6.45, 7) is 0.621. The van der Waals surface area contributed by atoms with Crippen molar-refractivity contribution in [3.8, 4) is 0 Å².